The lowest BCUT2D eigenvalue weighted by molar-refractivity contribution is 0.225. The maximum absolute atomic E-state index is 10.1. The van der Waals surface area contributed by atoms with Crippen LogP contribution in [-0.2, 0) is 0 Å². The van der Waals surface area contributed by atoms with Gasteiger partial charge in [0.25, 0.3) is 0 Å². The molecule has 0 N–H and O–H groups in total. The topological polar surface area (TPSA) is 52.1 Å². The first kappa shape index (κ1) is 6.95. The van der Waals surface area contributed by atoms with Crippen LogP contribution in [0.1, 0.15) is 0 Å². The van der Waals surface area contributed by atoms with Crippen molar-refractivity contribution < 1.29 is 9.53 Å². The molecule has 5 heteroatoms. The summed E-state index contributed by atoms with van der Waals surface area (Å²) in [7, 11) is 0. The van der Waals surface area contributed by atoms with Crippen LogP contribution in [0.5, 0.6) is 5.75 Å². The van der Waals surface area contributed by atoms with Crippen molar-refractivity contribution in [1.29, 1.82) is 0 Å². The fourth-order valence-corrected chi connectivity index (χ4v) is 0.520. The van der Waals surface area contributed by atoms with E-state index in [9.17, 15) is 4.79 Å². The van der Waals surface area contributed by atoms with Crippen molar-refractivity contribution in [2.24, 2.45) is 0 Å². The maximum atomic E-state index is 10.1. The molecule has 0 atom stereocenters. The number of hydrogen-bond donors (Lipinski definition) is 0. The van der Waals surface area contributed by atoms with Gasteiger partial charge in [0, 0.05) is 11.6 Å². The molecule has 0 spiro atoms. The van der Waals surface area contributed by atoms with E-state index in [0.29, 0.717) is 0 Å². The van der Waals surface area contributed by atoms with Gasteiger partial charge in [0.1, 0.15) is 6.33 Å². The Balaban J connectivity index is 2.67. The molecule has 0 unspecified atom stereocenters. The Labute approximate surface area is 61.8 Å². The highest BCUT2D eigenvalue weighted by molar-refractivity contribution is 6.61. The van der Waals surface area contributed by atoms with Crippen molar-refractivity contribution in [2.45, 2.75) is 0 Å². The molecule has 0 fully saturated rings. The standard InChI is InChI=1S/C5H3ClN2O2/c6-5(9)10-4-1-7-3-8-2-4/h1-3H. The average Bonchev–Trinajstić information content (AvgIpc) is 1.88. The highest BCUT2D eigenvalue weighted by Gasteiger charge is 1.97. The van der Waals surface area contributed by atoms with E-state index >= 15 is 0 Å². The SMILES string of the molecule is O=C(Cl)Oc1cncnc1. The van der Waals surface area contributed by atoms with Crippen molar-refractivity contribution in [3.63, 3.8) is 0 Å². The molecule has 1 aromatic heterocycles. The van der Waals surface area contributed by atoms with E-state index in [4.69, 9.17) is 11.6 Å². The molecule has 4 nitrogen and oxygen atoms in total. The van der Waals surface area contributed by atoms with Crippen molar-refractivity contribution in [3.05, 3.63) is 18.7 Å². The fourth-order valence-electron chi connectivity index (χ4n) is 0.431. The van der Waals surface area contributed by atoms with Gasteiger partial charge in [-0.15, -0.1) is 0 Å². The first-order valence-electron chi connectivity index (χ1n) is 2.41. The Kier molecular flexibility index (Phi) is 2.17. The maximum Gasteiger partial charge on any atom is 0.409 e. The van der Waals surface area contributed by atoms with Crippen LogP contribution in [-0.4, -0.2) is 15.4 Å². The molecule has 1 heterocycles. The van der Waals surface area contributed by atoms with Gasteiger partial charge in [0.2, 0.25) is 0 Å². The van der Waals surface area contributed by atoms with Crippen molar-refractivity contribution in [1.82, 2.24) is 9.97 Å². The van der Waals surface area contributed by atoms with Crippen LogP contribution in [0.15, 0.2) is 18.7 Å². The van der Waals surface area contributed by atoms with E-state index in [-0.39, 0.29) is 5.75 Å². The minimum atomic E-state index is -0.894. The molecule has 0 aliphatic carbocycles. The molecule has 0 aliphatic heterocycles. The summed E-state index contributed by atoms with van der Waals surface area (Å²) >= 11 is 4.90. The lowest BCUT2D eigenvalue weighted by Crippen LogP contribution is -1.96. The summed E-state index contributed by atoms with van der Waals surface area (Å²) in [4.78, 5) is 17.3. The molecule has 0 amide bonds. The third-order valence-corrected chi connectivity index (χ3v) is 0.812. The second-order valence-electron chi connectivity index (χ2n) is 1.41. The molecule has 0 bridgehead atoms. The molecule has 0 saturated heterocycles. The number of aromatic nitrogens is 2. The Bertz CT molecular complexity index is 226. The predicted octanol–water partition coefficient (Wildman–Crippen LogP) is 1.21. The van der Waals surface area contributed by atoms with Gasteiger partial charge < -0.3 is 4.74 Å². The first-order valence-corrected chi connectivity index (χ1v) is 2.79. The number of carbonyl (C=O) groups is 1. The number of halogens is 1. The minimum absolute atomic E-state index is 0.238. The van der Waals surface area contributed by atoms with Crippen LogP contribution in [0.2, 0.25) is 0 Å². The summed E-state index contributed by atoms with van der Waals surface area (Å²) in [6.07, 6.45) is 4.01. The molecule has 0 aromatic carbocycles. The first-order chi connectivity index (χ1) is 4.79. The van der Waals surface area contributed by atoms with Crippen molar-refractivity contribution in [2.75, 3.05) is 0 Å². The van der Waals surface area contributed by atoms with Gasteiger partial charge >= 0.3 is 5.43 Å². The summed E-state index contributed by atoms with van der Waals surface area (Å²) in [5.41, 5.74) is -0.894. The monoisotopic (exact) mass is 158 g/mol. The third kappa shape index (κ3) is 1.99. The zero-order valence-electron chi connectivity index (χ0n) is 4.82. The minimum Gasteiger partial charge on any atom is -0.411 e. The second kappa shape index (κ2) is 3.12. The fraction of sp³-hybridized carbons (Fsp3) is 0. The van der Waals surface area contributed by atoms with Gasteiger partial charge in [-0.1, -0.05) is 0 Å². The number of nitrogens with zero attached hydrogens (tertiary/aromatic N) is 2. The molecular weight excluding hydrogens is 156 g/mol. The van der Waals surface area contributed by atoms with Crippen LogP contribution in [0.4, 0.5) is 4.79 Å². The van der Waals surface area contributed by atoms with E-state index in [0.717, 1.165) is 0 Å². The smallest absolute Gasteiger partial charge is 0.409 e. The number of ether oxygens (including phenoxy) is 1. The van der Waals surface area contributed by atoms with Gasteiger partial charge in [0.15, 0.2) is 5.75 Å². The quantitative estimate of drug-likeness (QED) is 0.577. The second-order valence-corrected chi connectivity index (χ2v) is 1.72. The van der Waals surface area contributed by atoms with Crippen LogP contribution < -0.4 is 4.74 Å². The summed E-state index contributed by atoms with van der Waals surface area (Å²) in [5.74, 6) is 0.238. The zero-order valence-corrected chi connectivity index (χ0v) is 5.58. The van der Waals surface area contributed by atoms with E-state index in [1.807, 2.05) is 0 Å². The highest BCUT2D eigenvalue weighted by Crippen LogP contribution is 2.05. The lowest BCUT2D eigenvalue weighted by atomic mass is 10.6. The molecule has 0 saturated carbocycles. The Morgan fingerprint density at radius 1 is 1.50 bits per heavy atom. The van der Waals surface area contributed by atoms with Gasteiger partial charge in [0.05, 0.1) is 12.4 Å². The normalized spacial score (nSPS) is 8.90. The van der Waals surface area contributed by atoms with Gasteiger partial charge in [-0.05, 0) is 0 Å². The highest BCUT2D eigenvalue weighted by atomic mass is 35.5. The Morgan fingerprint density at radius 3 is 2.60 bits per heavy atom. The van der Waals surface area contributed by atoms with Crippen LogP contribution in [0, 0.1) is 0 Å². The summed E-state index contributed by atoms with van der Waals surface area (Å²) in [6.45, 7) is 0. The van der Waals surface area contributed by atoms with E-state index < -0.39 is 5.43 Å². The summed E-state index contributed by atoms with van der Waals surface area (Å²) in [6, 6.07) is 0. The van der Waals surface area contributed by atoms with Gasteiger partial charge in [-0.25, -0.2) is 14.8 Å². The zero-order chi connectivity index (χ0) is 7.40. The Morgan fingerprint density at radius 2 is 2.10 bits per heavy atom. The Hall–Kier alpha value is -1.16. The molecule has 0 radical (unpaired) electrons. The van der Waals surface area contributed by atoms with E-state index in [2.05, 4.69) is 14.7 Å². The van der Waals surface area contributed by atoms with Gasteiger partial charge in [-0.2, -0.15) is 0 Å². The average molecular weight is 159 g/mol. The number of carbonyl (C=O) groups excluding carboxylic acids is 1. The van der Waals surface area contributed by atoms with Crippen LogP contribution in [0.3, 0.4) is 0 Å². The van der Waals surface area contributed by atoms with E-state index in [1.165, 1.54) is 18.7 Å². The number of hydrogen-bond acceptors (Lipinski definition) is 4. The lowest BCUT2D eigenvalue weighted by Gasteiger charge is -1.94. The largest absolute Gasteiger partial charge is 0.411 e. The van der Waals surface area contributed by atoms with Crippen molar-refractivity contribution >= 4 is 17.0 Å². The molecule has 1 aromatic rings. The molecule has 0 aliphatic rings. The summed E-state index contributed by atoms with van der Waals surface area (Å²) in [5, 5.41) is 0. The molecule has 52 valence electrons. The molecular formula is C5H3ClN2O2. The summed E-state index contributed by atoms with van der Waals surface area (Å²) < 4.78 is 4.42. The van der Waals surface area contributed by atoms with Crippen LogP contribution >= 0.6 is 11.6 Å². The molecule has 10 heavy (non-hydrogen) atoms. The van der Waals surface area contributed by atoms with E-state index in [1.54, 1.807) is 0 Å². The third-order valence-electron chi connectivity index (χ3n) is 0.735. The van der Waals surface area contributed by atoms with Crippen LogP contribution in [0.25, 0.3) is 0 Å². The predicted molar refractivity (Wildman–Crippen MR) is 33.9 cm³/mol. The van der Waals surface area contributed by atoms with Crippen molar-refractivity contribution in [3.8, 4) is 5.75 Å². The van der Waals surface area contributed by atoms with Gasteiger partial charge in [-0.3, -0.25) is 0 Å². The molecule has 1 rings (SSSR count). The number of rotatable bonds is 1.